The Morgan fingerprint density at radius 3 is 2.45 bits per heavy atom. The van der Waals surface area contributed by atoms with Crippen LogP contribution in [-0.2, 0) is 10.0 Å². The van der Waals surface area contributed by atoms with Crippen molar-refractivity contribution in [2.75, 3.05) is 0 Å². The number of imidazole rings is 1. The molecule has 0 amide bonds. The summed E-state index contributed by atoms with van der Waals surface area (Å²) in [6.45, 7) is 5.55. The summed E-state index contributed by atoms with van der Waals surface area (Å²) in [5, 5.41) is 0. The standard InChI is InChI=1S/C15H16N2O2S/c1-4-5-6-15-13(3)17(11-16-15)20(18,19)14-9-7-12(2)8-10-14/h7-11H,4H2,1-3H3. The Balaban J connectivity index is 2.50. The number of hydrogen-bond acceptors (Lipinski definition) is 3. The lowest BCUT2D eigenvalue weighted by molar-refractivity contribution is 0.586. The van der Waals surface area contributed by atoms with Crippen molar-refractivity contribution in [1.29, 1.82) is 0 Å². The van der Waals surface area contributed by atoms with Crippen molar-refractivity contribution in [1.82, 2.24) is 8.96 Å². The molecule has 0 saturated carbocycles. The summed E-state index contributed by atoms with van der Waals surface area (Å²) in [5.74, 6) is 5.77. The van der Waals surface area contributed by atoms with E-state index in [4.69, 9.17) is 0 Å². The molecule has 1 aromatic carbocycles. The van der Waals surface area contributed by atoms with E-state index in [0.717, 1.165) is 5.56 Å². The van der Waals surface area contributed by atoms with Crippen LogP contribution >= 0.6 is 0 Å². The van der Waals surface area contributed by atoms with Gasteiger partial charge in [-0.2, -0.15) is 0 Å². The van der Waals surface area contributed by atoms with Crippen molar-refractivity contribution >= 4 is 10.0 Å². The Morgan fingerprint density at radius 1 is 1.20 bits per heavy atom. The monoisotopic (exact) mass is 288 g/mol. The summed E-state index contributed by atoms with van der Waals surface area (Å²) >= 11 is 0. The molecular formula is C15H16N2O2S. The number of benzene rings is 1. The number of aromatic nitrogens is 2. The van der Waals surface area contributed by atoms with Gasteiger partial charge in [-0.15, -0.1) is 0 Å². The van der Waals surface area contributed by atoms with Crippen molar-refractivity contribution in [3.05, 3.63) is 47.5 Å². The second kappa shape index (κ2) is 5.51. The number of aryl methyl sites for hydroxylation is 1. The zero-order valence-electron chi connectivity index (χ0n) is 11.7. The normalized spacial score (nSPS) is 10.9. The van der Waals surface area contributed by atoms with Gasteiger partial charge in [-0.25, -0.2) is 17.4 Å². The van der Waals surface area contributed by atoms with Crippen molar-refractivity contribution < 1.29 is 8.42 Å². The van der Waals surface area contributed by atoms with Crippen LogP contribution in [0.25, 0.3) is 0 Å². The largest absolute Gasteiger partial charge is 0.269 e. The molecule has 0 aliphatic rings. The third-order valence-corrected chi connectivity index (χ3v) is 4.68. The molecule has 5 heteroatoms. The average Bonchev–Trinajstić information content (AvgIpc) is 2.79. The quantitative estimate of drug-likeness (QED) is 0.798. The van der Waals surface area contributed by atoms with E-state index in [1.54, 1.807) is 31.2 Å². The Bertz CT molecular complexity index is 776. The lowest BCUT2D eigenvalue weighted by Gasteiger charge is -2.07. The minimum Gasteiger partial charge on any atom is -0.227 e. The SMILES string of the molecule is CCC#Cc1ncn(S(=O)(=O)c2ccc(C)cc2)c1C. The molecule has 0 spiro atoms. The van der Waals surface area contributed by atoms with Crippen molar-refractivity contribution in [2.45, 2.75) is 32.1 Å². The molecule has 0 atom stereocenters. The van der Waals surface area contributed by atoms with E-state index < -0.39 is 10.0 Å². The zero-order valence-corrected chi connectivity index (χ0v) is 12.5. The minimum atomic E-state index is -3.60. The predicted octanol–water partition coefficient (Wildman–Crippen LogP) is 2.50. The highest BCUT2D eigenvalue weighted by Crippen LogP contribution is 2.17. The van der Waals surface area contributed by atoms with E-state index in [2.05, 4.69) is 16.8 Å². The van der Waals surface area contributed by atoms with Gasteiger partial charge in [0.25, 0.3) is 10.0 Å². The van der Waals surface area contributed by atoms with Crippen molar-refractivity contribution in [3.63, 3.8) is 0 Å². The first-order valence-corrected chi connectivity index (χ1v) is 7.76. The van der Waals surface area contributed by atoms with Gasteiger partial charge in [0.1, 0.15) is 12.0 Å². The zero-order chi connectivity index (χ0) is 14.8. The van der Waals surface area contributed by atoms with Gasteiger partial charge in [0.2, 0.25) is 0 Å². The molecule has 0 unspecified atom stereocenters. The molecule has 4 nitrogen and oxygen atoms in total. The average molecular weight is 288 g/mol. The first-order chi connectivity index (χ1) is 9.46. The topological polar surface area (TPSA) is 52.0 Å². The first kappa shape index (κ1) is 14.4. The molecule has 1 heterocycles. The summed E-state index contributed by atoms with van der Waals surface area (Å²) in [6, 6.07) is 6.75. The van der Waals surface area contributed by atoms with Gasteiger partial charge in [-0.3, -0.25) is 0 Å². The van der Waals surface area contributed by atoms with Gasteiger partial charge in [-0.05, 0) is 31.9 Å². The highest BCUT2D eigenvalue weighted by Gasteiger charge is 2.20. The fraction of sp³-hybridized carbons (Fsp3) is 0.267. The van der Waals surface area contributed by atoms with Gasteiger partial charge in [0, 0.05) is 6.42 Å². The Kier molecular flexibility index (Phi) is 3.96. The smallest absolute Gasteiger partial charge is 0.227 e. The van der Waals surface area contributed by atoms with Crippen LogP contribution in [0.3, 0.4) is 0 Å². The van der Waals surface area contributed by atoms with Crippen LogP contribution in [0.2, 0.25) is 0 Å². The van der Waals surface area contributed by atoms with Crippen LogP contribution in [0, 0.1) is 25.7 Å². The second-order valence-corrected chi connectivity index (χ2v) is 6.26. The van der Waals surface area contributed by atoms with Gasteiger partial charge in [0.15, 0.2) is 0 Å². The van der Waals surface area contributed by atoms with E-state index in [0.29, 0.717) is 17.8 Å². The highest BCUT2D eigenvalue weighted by molar-refractivity contribution is 7.90. The molecule has 0 saturated heterocycles. The Labute approximate surface area is 119 Å². The fourth-order valence-electron chi connectivity index (χ4n) is 1.76. The molecule has 0 bridgehead atoms. The molecule has 0 aliphatic carbocycles. The molecule has 1 aromatic heterocycles. The molecule has 2 rings (SSSR count). The van der Waals surface area contributed by atoms with Crippen LogP contribution in [0.5, 0.6) is 0 Å². The summed E-state index contributed by atoms with van der Waals surface area (Å²) in [6.07, 6.45) is 2.02. The van der Waals surface area contributed by atoms with Crippen molar-refractivity contribution in [2.24, 2.45) is 0 Å². The number of hydrogen-bond donors (Lipinski definition) is 0. The van der Waals surface area contributed by atoms with E-state index in [9.17, 15) is 8.42 Å². The lowest BCUT2D eigenvalue weighted by Crippen LogP contribution is -2.13. The third-order valence-electron chi connectivity index (χ3n) is 2.93. The van der Waals surface area contributed by atoms with Crippen LogP contribution in [-0.4, -0.2) is 17.4 Å². The molecule has 2 aromatic rings. The van der Waals surface area contributed by atoms with E-state index in [1.807, 2.05) is 13.8 Å². The van der Waals surface area contributed by atoms with Crippen molar-refractivity contribution in [3.8, 4) is 11.8 Å². The van der Waals surface area contributed by atoms with Crippen LogP contribution in [0.15, 0.2) is 35.5 Å². The van der Waals surface area contributed by atoms with E-state index >= 15 is 0 Å². The first-order valence-electron chi connectivity index (χ1n) is 6.32. The summed E-state index contributed by atoms with van der Waals surface area (Å²) in [4.78, 5) is 4.32. The molecule has 0 N–H and O–H groups in total. The van der Waals surface area contributed by atoms with Gasteiger partial charge >= 0.3 is 0 Å². The summed E-state index contributed by atoms with van der Waals surface area (Å²) < 4.78 is 26.2. The molecular weight excluding hydrogens is 272 g/mol. The maximum absolute atomic E-state index is 12.5. The number of nitrogens with zero attached hydrogens (tertiary/aromatic N) is 2. The van der Waals surface area contributed by atoms with Crippen LogP contribution in [0.1, 0.15) is 30.3 Å². The van der Waals surface area contributed by atoms with Gasteiger partial charge < -0.3 is 0 Å². The Morgan fingerprint density at radius 2 is 1.85 bits per heavy atom. The molecule has 20 heavy (non-hydrogen) atoms. The molecule has 0 radical (unpaired) electrons. The van der Waals surface area contributed by atoms with E-state index in [1.165, 1.54) is 10.3 Å². The minimum absolute atomic E-state index is 0.249. The molecule has 0 fully saturated rings. The fourth-order valence-corrected chi connectivity index (χ4v) is 3.08. The number of rotatable bonds is 2. The van der Waals surface area contributed by atoms with Crippen LogP contribution in [0.4, 0.5) is 0 Å². The molecule has 0 aliphatic heterocycles. The lowest BCUT2D eigenvalue weighted by atomic mass is 10.2. The van der Waals surface area contributed by atoms with Gasteiger partial charge in [-0.1, -0.05) is 30.5 Å². The maximum atomic E-state index is 12.5. The van der Waals surface area contributed by atoms with Crippen LogP contribution < -0.4 is 0 Å². The van der Waals surface area contributed by atoms with E-state index in [-0.39, 0.29) is 4.90 Å². The summed E-state index contributed by atoms with van der Waals surface area (Å²) in [7, 11) is -3.60. The predicted molar refractivity (Wildman–Crippen MR) is 77.9 cm³/mol. The highest BCUT2D eigenvalue weighted by atomic mass is 32.2. The molecule has 104 valence electrons. The summed E-state index contributed by atoms with van der Waals surface area (Å²) in [5.41, 5.74) is 2.05. The maximum Gasteiger partial charge on any atom is 0.269 e. The second-order valence-electron chi connectivity index (χ2n) is 4.45. The third kappa shape index (κ3) is 2.61. The Hall–Kier alpha value is -2.06. The van der Waals surface area contributed by atoms with Gasteiger partial charge in [0.05, 0.1) is 10.6 Å².